The SMILES string of the molecule is CC[C@@H](C(=O)NC1CCCCC1)N(Cc1ccc(OC)cc1)C(=O)CN(c1ccccc1OC)S(=O)(=O)c1ccc(OC)cc1. The van der Waals surface area contributed by atoms with E-state index in [-0.39, 0.29) is 34.8 Å². The lowest BCUT2D eigenvalue weighted by molar-refractivity contribution is -0.140. The van der Waals surface area contributed by atoms with Crippen molar-refractivity contribution in [2.75, 3.05) is 32.2 Å². The summed E-state index contributed by atoms with van der Waals surface area (Å²) in [4.78, 5) is 29.6. The van der Waals surface area contributed by atoms with Gasteiger partial charge in [0.2, 0.25) is 11.8 Å². The molecule has 0 saturated heterocycles. The van der Waals surface area contributed by atoms with E-state index < -0.39 is 28.5 Å². The van der Waals surface area contributed by atoms with Crippen LogP contribution in [0.1, 0.15) is 51.0 Å². The van der Waals surface area contributed by atoms with Crippen LogP contribution in [-0.4, -0.2) is 65.1 Å². The van der Waals surface area contributed by atoms with Gasteiger partial charge in [-0.1, -0.05) is 50.5 Å². The highest BCUT2D eigenvalue weighted by atomic mass is 32.2. The summed E-state index contributed by atoms with van der Waals surface area (Å²) in [6.07, 6.45) is 5.39. The molecule has 1 aliphatic rings. The number of carbonyl (C=O) groups is 2. The van der Waals surface area contributed by atoms with E-state index in [0.717, 1.165) is 42.0 Å². The Kier molecular flexibility index (Phi) is 11.7. The zero-order chi connectivity index (χ0) is 32.4. The molecule has 0 aromatic heterocycles. The van der Waals surface area contributed by atoms with Crippen molar-refractivity contribution in [3.05, 3.63) is 78.4 Å². The van der Waals surface area contributed by atoms with Crippen molar-refractivity contribution in [1.82, 2.24) is 10.2 Å². The van der Waals surface area contributed by atoms with Gasteiger partial charge >= 0.3 is 0 Å². The van der Waals surface area contributed by atoms with Gasteiger partial charge in [0.1, 0.15) is 29.8 Å². The van der Waals surface area contributed by atoms with Crippen molar-refractivity contribution < 1.29 is 32.2 Å². The van der Waals surface area contributed by atoms with Crippen LogP contribution in [0.15, 0.2) is 77.7 Å². The number of sulfonamides is 1. The summed E-state index contributed by atoms with van der Waals surface area (Å²) < 4.78 is 45.4. The zero-order valence-corrected chi connectivity index (χ0v) is 27.2. The molecule has 0 bridgehead atoms. The molecule has 3 aromatic carbocycles. The van der Waals surface area contributed by atoms with Crippen molar-refractivity contribution in [3.63, 3.8) is 0 Å². The molecule has 10 nitrogen and oxygen atoms in total. The minimum absolute atomic E-state index is 0.0224. The van der Waals surface area contributed by atoms with Crippen LogP contribution in [0.3, 0.4) is 0 Å². The van der Waals surface area contributed by atoms with Crippen molar-refractivity contribution in [1.29, 1.82) is 0 Å². The molecule has 1 atom stereocenters. The zero-order valence-electron chi connectivity index (χ0n) is 26.4. The van der Waals surface area contributed by atoms with Crippen molar-refractivity contribution in [3.8, 4) is 17.2 Å². The van der Waals surface area contributed by atoms with E-state index >= 15 is 0 Å². The van der Waals surface area contributed by atoms with Crippen LogP contribution in [0, 0.1) is 0 Å². The second kappa shape index (κ2) is 15.7. The first-order valence-electron chi connectivity index (χ1n) is 15.2. The van der Waals surface area contributed by atoms with E-state index in [1.165, 1.54) is 31.3 Å². The standard InChI is InChI=1S/C34H43N3O7S/c1-5-30(34(39)35-26-11-7-6-8-12-26)36(23-25-15-17-27(42-2)18-16-25)33(38)24-37(31-13-9-10-14-32(31)44-4)45(40,41)29-21-19-28(43-3)20-22-29/h9-10,13-22,26,30H,5-8,11-12,23-24H2,1-4H3,(H,35,39)/t30-/m0/s1. The Morgan fingerprint density at radius 1 is 0.844 bits per heavy atom. The van der Waals surface area contributed by atoms with Crippen LogP contribution in [-0.2, 0) is 26.2 Å². The van der Waals surface area contributed by atoms with Gasteiger partial charge in [0.15, 0.2) is 0 Å². The first-order chi connectivity index (χ1) is 21.7. The average Bonchev–Trinajstić information content (AvgIpc) is 3.07. The number of carbonyl (C=O) groups excluding carboxylic acids is 2. The smallest absolute Gasteiger partial charge is 0.264 e. The first kappa shape index (κ1) is 33.6. The molecule has 0 aliphatic heterocycles. The Hall–Kier alpha value is -4.25. The van der Waals surface area contributed by atoms with E-state index in [0.29, 0.717) is 17.9 Å². The van der Waals surface area contributed by atoms with E-state index in [2.05, 4.69) is 5.32 Å². The molecule has 0 spiro atoms. The molecule has 0 heterocycles. The normalized spacial score (nSPS) is 14.2. The Bertz CT molecular complexity index is 1520. The maximum Gasteiger partial charge on any atom is 0.264 e. The summed E-state index contributed by atoms with van der Waals surface area (Å²) in [7, 11) is 0.246. The summed E-state index contributed by atoms with van der Waals surface area (Å²) in [6.45, 7) is 1.39. The quantitative estimate of drug-likeness (QED) is 0.260. The average molecular weight is 638 g/mol. The Labute approximate surface area is 266 Å². The van der Waals surface area contributed by atoms with E-state index in [9.17, 15) is 18.0 Å². The van der Waals surface area contributed by atoms with Crippen LogP contribution < -0.4 is 23.8 Å². The molecule has 11 heteroatoms. The number of nitrogens with one attached hydrogen (secondary N) is 1. The molecule has 2 amide bonds. The monoisotopic (exact) mass is 637 g/mol. The molecular formula is C34H43N3O7S. The van der Waals surface area contributed by atoms with Crippen LogP contribution >= 0.6 is 0 Å². The summed E-state index contributed by atoms with van der Waals surface area (Å²) in [5, 5.41) is 3.16. The molecule has 1 N–H and O–H groups in total. The van der Waals surface area contributed by atoms with E-state index in [1.807, 2.05) is 19.1 Å². The van der Waals surface area contributed by atoms with Crippen LogP contribution in [0.4, 0.5) is 5.69 Å². The first-order valence-corrected chi connectivity index (χ1v) is 16.7. The molecule has 1 fully saturated rings. The number of benzene rings is 3. The highest BCUT2D eigenvalue weighted by Gasteiger charge is 2.35. The fraction of sp³-hybridized carbons (Fsp3) is 0.412. The number of amides is 2. The predicted octanol–water partition coefficient (Wildman–Crippen LogP) is 5.16. The summed E-state index contributed by atoms with van der Waals surface area (Å²) in [5.74, 6) is 0.666. The largest absolute Gasteiger partial charge is 0.497 e. The highest BCUT2D eigenvalue weighted by Crippen LogP contribution is 2.33. The van der Waals surface area contributed by atoms with Gasteiger partial charge in [-0.25, -0.2) is 8.42 Å². The molecule has 0 unspecified atom stereocenters. The molecule has 242 valence electrons. The topological polar surface area (TPSA) is 114 Å². The third-order valence-electron chi connectivity index (χ3n) is 8.13. The third kappa shape index (κ3) is 8.27. The van der Waals surface area contributed by atoms with Gasteiger partial charge < -0.3 is 24.4 Å². The summed E-state index contributed by atoms with van der Waals surface area (Å²) in [6, 6.07) is 19.1. The lowest BCUT2D eigenvalue weighted by Gasteiger charge is -2.34. The van der Waals surface area contributed by atoms with Crippen LogP contribution in [0.2, 0.25) is 0 Å². The second-order valence-corrected chi connectivity index (χ2v) is 12.9. The van der Waals surface area contributed by atoms with Crippen molar-refractivity contribution in [2.24, 2.45) is 0 Å². The maximum absolute atomic E-state index is 14.4. The minimum atomic E-state index is -4.26. The minimum Gasteiger partial charge on any atom is -0.497 e. The lowest BCUT2D eigenvalue weighted by atomic mass is 9.95. The van der Waals surface area contributed by atoms with Gasteiger partial charge in [-0.05, 0) is 73.4 Å². The Morgan fingerprint density at radius 3 is 2.02 bits per heavy atom. The molecular weight excluding hydrogens is 594 g/mol. The molecule has 3 aromatic rings. The summed E-state index contributed by atoms with van der Waals surface area (Å²) in [5.41, 5.74) is 0.975. The number of methoxy groups -OCH3 is 3. The highest BCUT2D eigenvalue weighted by molar-refractivity contribution is 7.92. The van der Waals surface area contributed by atoms with Gasteiger partial charge in [0, 0.05) is 12.6 Å². The Balaban J connectivity index is 1.73. The van der Waals surface area contributed by atoms with Gasteiger partial charge in [0.25, 0.3) is 10.0 Å². The molecule has 1 saturated carbocycles. The molecule has 45 heavy (non-hydrogen) atoms. The molecule has 4 rings (SSSR count). The van der Waals surface area contributed by atoms with Crippen LogP contribution in [0.25, 0.3) is 0 Å². The van der Waals surface area contributed by atoms with Gasteiger partial charge in [0.05, 0.1) is 31.9 Å². The number of ether oxygens (including phenoxy) is 3. The lowest BCUT2D eigenvalue weighted by Crippen LogP contribution is -2.54. The predicted molar refractivity (Wildman–Crippen MR) is 173 cm³/mol. The Morgan fingerprint density at radius 2 is 1.44 bits per heavy atom. The number of nitrogens with zero attached hydrogens (tertiary/aromatic N) is 2. The second-order valence-electron chi connectivity index (χ2n) is 11.0. The number of anilines is 1. The number of para-hydroxylation sites is 2. The van der Waals surface area contributed by atoms with Gasteiger partial charge in [-0.3, -0.25) is 13.9 Å². The fourth-order valence-electron chi connectivity index (χ4n) is 5.62. The number of hydrogen-bond donors (Lipinski definition) is 1. The maximum atomic E-state index is 14.4. The van der Waals surface area contributed by atoms with Crippen molar-refractivity contribution in [2.45, 2.75) is 69.0 Å². The van der Waals surface area contributed by atoms with Crippen LogP contribution in [0.5, 0.6) is 17.2 Å². The third-order valence-corrected chi connectivity index (χ3v) is 9.90. The summed E-state index contributed by atoms with van der Waals surface area (Å²) >= 11 is 0. The number of hydrogen-bond acceptors (Lipinski definition) is 7. The molecule has 0 radical (unpaired) electrons. The molecule has 1 aliphatic carbocycles. The van der Waals surface area contributed by atoms with Crippen molar-refractivity contribution >= 4 is 27.5 Å². The van der Waals surface area contributed by atoms with E-state index in [4.69, 9.17) is 14.2 Å². The fourth-order valence-corrected chi connectivity index (χ4v) is 7.04. The number of rotatable bonds is 14. The van der Waals surface area contributed by atoms with E-state index in [1.54, 1.807) is 55.6 Å². The van der Waals surface area contributed by atoms with Gasteiger partial charge in [-0.2, -0.15) is 0 Å². The van der Waals surface area contributed by atoms with Gasteiger partial charge in [-0.15, -0.1) is 0 Å².